The van der Waals surface area contributed by atoms with Crippen LogP contribution in [0.3, 0.4) is 0 Å². The van der Waals surface area contributed by atoms with Crippen LogP contribution in [-0.4, -0.2) is 47.9 Å². The van der Waals surface area contributed by atoms with E-state index in [9.17, 15) is 18.4 Å². The summed E-state index contributed by atoms with van der Waals surface area (Å²) in [5.41, 5.74) is -2.34. The zero-order valence-corrected chi connectivity index (χ0v) is 11.4. The van der Waals surface area contributed by atoms with Crippen LogP contribution < -0.4 is 10.9 Å². The predicted octanol–water partition coefficient (Wildman–Crippen LogP) is 0.809. The minimum absolute atomic E-state index is 0.0375. The van der Waals surface area contributed by atoms with Crippen molar-refractivity contribution in [3.63, 3.8) is 0 Å². The Hall–Kier alpha value is -2.16. The quantitative estimate of drug-likeness (QED) is 0.355. The molecule has 1 atom stereocenters. The molecule has 1 heterocycles. The largest absolute Gasteiger partial charge is 0.379 e. The first-order valence-electron chi connectivity index (χ1n) is 6.20. The molecule has 1 rings (SSSR count). The van der Waals surface area contributed by atoms with Crippen molar-refractivity contribution in [1.82, 2.24) is 10.2 Å². The summed E-state index contributed by atoms with van der Waals surface area (Å²) in [6.07, 6.45) is -0.912. The van der Waals surface area contributed by atoms with Gasteiger partial charge in [-0.1, -0.05) is 0 Å². The highest BCUT2D eigenvalue weighted by Gasteiger charge is 2.21. The van der Waals surface area contributed by atoms with Crippen LogP contribution in [0, 0.1) is 5.41 Å². The number of carbonyl (C=O) groups is 1. The Bertz CT molecular complexity index is 548. The SMILES string of the molecule is CC(COCCC=O)Nc1cn[nH]c(=O)c1C(=N)C(F)F. The molecule has 116 valence electrons. The van der Waals surface area contributed by atoms with E-state index in [0.717, 1.165) is 12.5 Å². The zero-order chi connectivity index (χ0) is 15.8. The van der Waals surface area contributed by atoms with Gasteiger partial charge in [-0.2, -0.15) is 5.10 Å². The van der Waals surface area contributed by atoms with Gasteiger partial charge in [0.05, 0.1) is 30.7 Å². The van der Waals surface area contributed by atoms with Crippen molar-refractivity contribution in [2.75, 3.05) is 18.5 Å². The number of nitrogens with one attached hydrogen (secondary N) is 3. The number of hydrogen-bond acceptors (Lipinski definition) is 6. The lowest BCUT2D eigenvalue weighted by molar-refractivity contribution is -0.108. The number of halogens is 2. The summed E-state index contributed by atoms with van der Waals surface area (Å²) in [7, 11) is 0. The molecule has 9 heteroatoms. The lowest BCUT2D eigenvalue weighted by atomic mass is 10.1. The van der Waals surface area contributed by atoms with Gasteiger partial charge in [0.2, 0.25) is 0 Å². The highest BCUT2D eigenvalue weighted by molar-refractivity contribution is 6.04. The number of carbonyl (C=O) groups excluding carboxylic acids is 1. The van der Waals surface area contributed by atoms with E-state index >= 15 is 0 Å². The molecule has 7 nitrogen and oxygen atoms in total. The molecule has 1 aromatic rings. The molecule has 0 fully saturated rings. The lowest BCUT2D eigenvalue weighted by Crippen LogP contribution is -2.29. The van der Waals surface area contributed by atoms with Gasteiger partial charge in [-0.3, -0.25) is 10.2 Å². The monoisotopic (exact) mass is 302 g/mol. The molecule has 0 radical (unpaired) electrons. The standard InChI is InChI=1S/C12H16F2N4O3/c1-7(6-21-4-2-3-19)17-8-5-16-18-12(20)9(8)10(15)11(13)14/h3,5,7,11,15H,2,4,6H2,1H3,(H2,17,18,20). The molecule has 0 aliphatic rings. The number of hydrogen-bond donors (Lipinski definition) is 3. The Labute approximate surface area is 119 Å². The average Bonchev–Trinajstić information content (AvgIpc) is 2.43. The Morgan fingerprint density at radius 3 is 2.95 bits per heavy atom. The van der Waals surface area contributed by atoms with Crippen LogP contribution >= 0.6 is 0 Å². The zero-order valence-electron chi connectivity index (χ0n) is 11.4. The lowest BCUT2D eigenvalue weighted by Gasteiger charge is -2.17. The number of aromatic nitrogens is 2. The van der Waals surface area contributed by atoms with E-state index in [0.29, 0.717) is 0 Å². The number of ether oxygens (including phenoxy) is 1. The van der Waals surface area contributed by atoms with E-state index in [1.54, 1.807) is 6.92 Å². The van der Waals surface area contributed by atoms with Crippen molar-refractivity contribution >= 4 is 17.7 Å². The molecule has 0 saturated carbocycles. The Morgan fingerprint density at radius 2 is 2.33 bits per heavy atom. The maximum atomic E-state index is 12.6. The highest BCUT2D eigenvalue weighted by atomic mass is 19.3. The van der Waals surface area contributed by atoms with E-state index in [1.807, 2.05) is 5.10 Å². The smallest absolute Gasteiger partial charge is 0.280 e. The molecule has 0 saturated heterocycles. The van der Waals surface area contributed by atoms with Gasteiger partial charge in [0.1, 0.15) is 12.0 Å². The fraction of sp³-hybridized carbons (Fsp3) is 0.500. The molecule has 0 bridgehead atoms. The van der Waals surface area contributed by atoms with Crippen LogP contribution in [0.25, 0.3) is 0 Å². The van der Waals surface area contributed by atoms with Gasteiger partial charge in [0.25, 0.3) is 12.0 Å². The van der Waals surface area contributed by atoms with Crippen molar-refractivity contribution in [1.29, 1.82) is 5.41 Å². The van der Waals surface area contributed by atoms with Crippen molar-refractivity contribution < 1.29 is 18.3 Å². The third kappa shape index (κ3) is 5.03. The summed E-state index contributed by atoms with van der Waals surface area (Å²) in [6, 6.07) is -0.315. The first-order chi connectivity index (χ1) is 9.97. The second-order valence-corrected chi connectivity index (χ2v) is 4.28. The summed E-state index contributed by atoms with van der Waals surface area (Å²) in [5.74, 6) is 0. The summed E-state index contributed by atoms with van der Waals surface area (Å²) >= 11 is 0. The van der Waals surface area contributed by atoms with Gasteiger partial charge in [0.15, 0.2) is 0 Å². The molecule has 3 N–H and O–H groups in total. The van der Waals surface area contributed by atoms with Crippen LogP contribution in [-0.2, 0) is 9.53 Å². The summed E-state index contributed by atoms with van der Waals surface area (Å²) < 4.78 is 30.4. The molecule has 0 aliphatic carbocycles. The molecule has 0 aromatic carbocycles. The van der Waals surface area contributed by atoms with Crippen molar-refractivity contribution in [2.45, 2.75) is 25.8 Å². The van der Waals surface area contributed by atoms with Crippen LogP contribution in [0.15, 0.2) is 11.0 Å². The Morgan fingerprint density at radius 1 is 1.62 bits per heavy atom. The van der Waals surface area contributed by atoms with Gasteiger partial charge in [-0.05, 0) is 6.92 Å². The topological polar surface area (TPSA) is 108 Å². The first kappa shape index (κ1) is 16.9. The fourth-order valence-electron chi connectivity index (χ4n) is 1.58. The second-order valence-electron chi connectivity index (χ2n) is 4.28. The van der Waals surface area contributed by atoms with Crippen molar-refractivity contribution in [3.05, 3.63) is 22.1 Å². The Kier molecular flexibility index (Phi) is 6.60. The first-order valence-corrected chi connectivity index (χ1v) is 6.20. The number of anilines is 1. The maximum absolute atomic E-state index is 12.6. The number of H-pyrrole nitrogens is 1. The van der Waals surface area contributed by atoms with E-state index in [-0.39, 0.29) is 31.4 Å². The van der Waals surface area contributed by atoms with Crippen LogP contribution in [0.5, 0.6) is 0 Å². The molecule has 0 aliphatic heterocycles. The maximum Gasteiger partial charge on any atom is 0.280 e. The third-order valence-electron chi connectivity index (χ3n) is 2.49. The number of alkyl halides is 2. The van der Waals surface area contributed by atoms with E-state index in [2.05, 4.69) is 10.4 Å². The normalized spacial score (nSPS) is 12.2. The molecule has 0 spiro atoms. The number of aromatic amines is 1. The number of aldehydes is 1. The van der Waals surface area contributed by atoms with Crippen molar-refractivity contribution in [2.24, 2.45) is 0 Å². The molecular formula is C12H16F2N4O3. The summed E-state index contributed by atoms with van der Waals surface area (Å²) in [6.45, 7) is 2.17. The molecule has 21 heavy (non-hydrogen) atoms. The van der Waals surface area contributed by atoms with Gasteiger partial charge in [-0.25, -0.2) is 13.9 Å². The average molecular weight is 302 g/mol. The van der Waals surface area contributed by atoms with E-state index in [4.69, 9.17) is 10.1 Å². The number of rotatable bonds is 9. The minimum atomic E-state index is -3.06. The molecule has 1 aromatic heterocycles. The minimum Gasteiger partial charge on any atom is -0.379 e. The third-order valence-corrected chi connectivity index (χ3v) is 2.49. The van der Waals surface area contributed by atoms with Crippen LogP contribution in [0.2, 0.25) is 0 Å². The van der Waals surface area contributed by atoms with Gasteiger partial charge >= 0.3 is 0 Å². The predicted molar refractivity (Wildman–Crippen MR) is 72.3 cm³/mol. The summed E-state index contributed by atoms with van der Waals surface area (Å²) in [5, 5.41) is 15.6. The Balaban J connectivity index is 2.79. The van der Waals surface area contributed by atoms with Crippen LogP contribution in [0.1, 0.15) is 18.9 Å². The second kappa shape index (κ2) is 8.20. The van der Waals surface area contributed by atoms with Crippen molar-refractivity contribution in [3.8, 4) is 0 Å². The van der Waals surface area contributed by atoms with Gasteiger partial charge in [-0.15, -0.1) is 0 Å². The van der Waals surface area contributed by atoms with Gasteiger partial charge < -0.3 is 14.8 Å². The summed E-state index contributed by atoms with van der Waals surface area (Å²) in [4.78, 5) is 21.7. The molecule has 1 unspecified atom stereocenters. The van der Waals surface area contributed by atoms with E-state index < -0.39 is 23.3 Å². The number of nitrogens with zero attached hydrogens (tertiary/aromatic N) is 1. The molecule has 0 amide bonds. The van der Waals surface area contributed by atoms with Gasteiger partial charge in [0, 0.05) is 12.5 Å². The van der Waals surface area contributed by atoms with Crippen LogP contribution in [0.4, 0.5) is 14.5 Å². The van der Waals surface area contributed by atoms with E-state index in [1.165, 1.54) is 0 Å². The molecular weight excluding hydrogens is 286 g/mol. The fourth-order valence-corrected chi connectivity index (χ4v) is 1.58. The highest BCUT2D eigenvalue weighted by Crippen LogP contribution is 2.14.